The van der Waals surface area contributed by atoms with Crippen LogP contribution in [0.5, 0.6) is 0 Å². The third-order valence-corrected chi connectivity index (χ3v) is 7.77. The Morgan fingerprint density at radius 3 is 2.14 bits per heavy atom. The molecule has 2 saturated heterocycles. The van der Waals surface area contributed by atoms with Crippen LogP contribution in [-0.4, -0.2) is 60.3 Å². The molecule has 164 valence electrons. The Bertz CT molecular complexity index is 625. The summed E-state index contributed by atoms with van der Waals surface area (Å²) in [6.45, 7) is 0.474. The number of fused-ring (bicyclic) bond motifs is 1. The fraction of sp³-hybridized carbons (Fsp3) is 0.955. The van der Waals surface area contributed by atoms with E-state index in [4.69, 9.17) is 23.7 Å². The Hall–Kier alpha value is -0.730. The molecular weight excluding hydrogens is 376 g/mol. The van der Waals surface area contributed by atoms with Crippen molar-refractivity contribution in [3.8, 4) is 0 Å². The van der Waals surface area contributed by atoms with Gasteiger partial charge in [0.15, 0.2) is 17.2 Å². The lowest BCUT2D eigenvalue weighted by Crippen LogP contribution is -2.56. The summed E-state index contributed by atoms with van der Waals surface area (Å²) in [5.41, 5.74) is -1.57. The predicted octanol–water partition coefficient (Wildman–Crippen LogP) is 2.82. The van der Waals surface area contributed by atoms with E-state index >= 15 is 0 Å². The van der Waals surface area contributed by atoms with Crippen LogP contribution < -0.4 is 0 Å². The van der Waals surface area contributed by atoms with E-state index in [1.54, 1.807) is 0 Å². The molecule has 7 heteroatoms. The molecule has 5 rings (SSSR count). The summed E-state index contributed by atoms with van der Waals surface area (Å²) in [7, 11) is 1.32. The van der Waals surface area contributed by atoms with Crippen LogP contribution in [0.3, 0.4) is 0 Å². The zero-order valence-corrected chi connectivity index (χ0v) is 17.4. The maximum atomic E-state index is 12.5. The van der Waals surface area contributed by atoms with Crippen molar-refractivity contribution < 1.29 is 33.6 Å². The van der Waals surface area contributed by atoms with Gasteiger partial charge in [0.25, 0.3) is 0 Å². The molecule has 3 aliphatic carbocycles. The second-order valence-corrected chi connectivity index (χ2v) is 9.74. The maximum Gasteiger partial charge on any atom is 0.337 e. The van der Waals surface area contributed by atoms with Gasteiger partial charge in [-0.1, -0.05) is 12.8 Å². The summed E-state index contributed by atoms with van der Waals surface area (Å²) < 4.78 is 30.6. The molecule has 0 aromatic carbocycles. The fourth-order valence-electron chi connectivity index (χ4n) is 6.31. The number of hydrogen-bond acceptors (Lipinski definition) is 7. The van der Waals surface area contributed by atoms with E-state index in [0.29, 0.717) is 6.61 Å². The van der Waals surface area contributed by atoms with Gasteiger partial charge in [0, 0.05) is 38.0 Å². The van der Waals surface area contributed by atoms with E-state index in [2.05, 4.69) is 0 Å². The summed E-state index contributed by atoms with van der Waals surface area (Å²) in [5, 5.41) is 11.2. The van der Waals surface area contributed by atoms with Gasteiger partial charge in [-0.25, -0.2) is 4.79 Å². The van der Waals surface area contributed by atoms with Crippen LogP contribution in [0, 0.1) is 5.92 Å². The van der Waals surface area contributed by atoms with Gasteiger partial charge in [0.05, 0.1) is 32.0 Å². The SMILES string of the molecule is COC(=O)[C@@]1(O)C[C@H]([C@H]2COC3(CCCCC3)O2)[C@@H]2OC3(CCCCC3)O[C@@H]2C1. The number of rotatable bonds is 2. The van der Waals surface area contributed by atoms with Crippen LogP contribution in [0.2, 0.25) is 0 Å². The average Bonchev–Trinajstić information content (AvgIpc) is 3.29. The summed E-state index contributed by atoms with van der Waals surface area (Å²) in [5.74, 6) is -1.84. The summed E-state index contributed by atoms with van der Waals surface area (Å²) >= 11 is 0. The molecule has 0 amide bonds. The Morgan fingerprint density at radius 1 is 0.862 bits per heavy atom. The summed E-state index contributed by atoms with van der Waals surface area (Å²) in [6.07, 6.45) is 10.1. The minimum Gasteiger partial charge on any atom is -0.467 e. The molecule has 29 heavy (non-hydrogen) atoms. The van der Waals surface area contributed by atoms with Crippen molar-refractivity contribution in [3.05, 3.63) is 0 Å². The van der Waals surface area contributed by atoms with E-state index in [1.807, 2.05) is 0 Å². The third-order valence-electron chi connectivity index (χ3n) is 7.77. The number of carbonyl (C=O) groups excluding carboxylic acids is 1. The zero-order valence-electron chi connectivity index (χ0n) is 17.4. The topological polar surface area (TPSA) is 83.5 Å². The highest BCUT2D eigenvalue weighted by molar-refractivity contribution is 5.79. The van der Waals surface area contributed by atoms with E-state index < -0.39 is 23.1 Å². The summed E-state index contributed by atoms with van der Waals surface area (Å²) in [6, 6.07) is 0. The first-order valence-electron chi connectivity index (χ1n) is 11.4. The molecule has 5 fully saturated rings. The molecule has 0 aromatic heterocycles. The number of methoxy groups -OCH3 is 1. The van der Waals surface area contributed by atoms with E-state index in [1.165, 1.54) is 20.0 Å². The largest absolute Gasteiger partial charge is 0.467 e. The molecule has 0 radical (unpaired) electrons. The van der Waals surface area contributed by atoms with Crippen molar-refractivity contribution in [3.63, 3.8) is 0 Å². The van der Waals surface area contributed by atoms with E-state index in [-0.39, 0.29) is 37.1 Å². The molecule has 2 aliphatic heterocycles. The van der Waals surface area contributed by atoms with Gasteiger partial charge in [-0.2, -0.15) is 0 Å². The molecule has 5 aliphatic rings. The predicted molar refractivity (Wildman–Crippen MR) is 102 cm³/mol. The molecule has 2 heterocycles. The first-order chi connectivity index (χ1) is 14.0. The molecule has 5 atom stereocenters. The Labute approximate surface area is 172 Å². The van der Waals surface area contributed by atoms with Gasteiger partial charge in [-0.3, -0.25) is 0 Å². The van der Waals surface area contributed by atoms with Gasteiger partial charge >= 0.3 is 5.97 Å². The minimum atomic E-state index is -1.57. The van der Waals surface area contributed by atoms with Crippen molar-refractivity contribution in [2.75, 3.05) is 13.7 Å². The van der Waals surface area contributed by atoms with Crippen LogP contribution in [0.15, 0.2) is 0 Å². The van der Waals surface area contributed by atoms with Crippen LogP contribution in [-0.2, 0) is 28.5 Å². The highest BCUT2D eigenvalue weighted by Gasteiger charge is 2.61. The Morgan fingerprint density at radius 2 is 1.48 bits per heavy atom. The summed E-state index contributed by atoms with van der Waals surface area (Å²) in [4.78, 5) is 12.5. The first kappa shape index (κ1) is 20.2. The Balaban J connectivity index is 1.40. The van der Waals surface area contributed by atoms with Gasteiger partial charge in [-0.05, 0) is 32.1 Å². The normalized spacial score (nSPS) is 43.4. The second kappa shape index (κ2) is 7.45. The molecule has 3 saturated carbocycles. The number of hydrogen-bond donors (Lipinski definition) is 1. The van der Waals surface area contributed by atoms with Gasteiger partial charge in [0.1, 0.15) is 0 Å². The fourth-order valence-corrected chi connectivity index (χ4v) is 6.31. The van der Waals surface area contributed by atoms with Crippen molar-refractivity contribution in [1.29, 1.82) is 0 Å². The zero-order chi connectivity index (χ0) is 20.1. The number of carbonyl (C=O) groups is 1. The molecule has 0 unspecified atom stereocenters. The van der Waals surface area contributed by atoms with Crippen LogP contribution in [0.1, 0.15) is 77.0 Å². The lowest BCUT2D eigenvalue weighted by atomic mass is 9.72. The van der Waals surface area contributed by atoms with Crippen LogP contribution in [0.4, 0.5) is 0 Å². The smallest absolute Gasteiger partial charge is 0.337 e. The highest BCUT2D eigenvalue weighted by Crippen LogP contribution is 2.51. The molecular formula is C22H34O7. The van der Waals surface area contributed by atoms with Gasteiger partial charge < -0.3 is 28.8 Å². The lowest BCUT2D eigenvalue weighted by Gasteiger charge is -2.42. The monoisotopic (exact) mass is 410 g/mol. The lowest BCUT2D eigenvalue weighted by molar-refractivity contribution is -0.211. The molecule has 0 aromatic rings. The van der Waals surface area contributed by atoms with Crippen LogP contribution in [0.25, 0.3) is 0 Å². The number of aliphatic hydroxyl groups is 1. The van der Waals surface area contributed by atoms with Gasteiger partial charge in [-0.15, -0.1) is 0 Å². The second-order valence-electron chi connectivity index (χ2n) is 9.74. The van der Waals surface area contributed by atoms with Crippen molar-refractivity contribution in [2.45, 2.75) is 113 Å². The first-order valence-corrected chi connectivity index (χ1v) is 11.4. The third kappa shape index (κ3) is 3.53. The highest BCUT2D eigenvalue weighted by atomic mass is 16.8. The van der Waals surface area contributed by atoms with E-state index in [9.17, 15) is 9.90 Å². The molecule has 2 spiro atoms. The number of ether oxygens (including phenoxy) is 5. The quantitative estimate of drug-likeness (QED) is 0.701. The van der Waals surface area contributed by atoms with Crippen molar-refractivity contribution >= 4 is 5.97 Å². The molecule has 1 N–H and O–H groups in total. The van der Waals surface area contributed by atoms with Crippen molar-refractivity contribution in [2.24, 2.45) is 5.92 Å². The number of esters is 1. The Kier molecular flexibility index (Phi) is 5.18. The standard InChI is InChI=1S/C22H34O7/c1-25-19(23)20(24)12-15(17-14-26-21(28-17)8-4-2-5-9-21)18-16(13-20)27-22(29-18)10-6-3-7-11-22/h15-18,24H,2-14H2,1H3/t15-,16-,17-,18+,20-/m1/s1. The van der Waals surface area contributed by atoms with Crippen LogP contribution >= 0.6 is 0 Å². The maximum absolute atomic E-state index is 12.5. The van der Waals surface area contributed by atoms with E-state index in [0.717, 1.165) is 51.4 Å². The average molecular weight is 411 g/mol. The molecule has 7 nitrogen and oxygen atoms in total. The minimum absolute atomic E-state index is 0.166. The molecule has 0 bridgehead atoms. The van der Waals surface area contributed by atoms with Gasteiger partial charge in [0.2, 0.25) is 0 Å². The van der Waals surface area contributed by atoms with Crippen molar-refractivity contribution in [1.82, 2.24) is 0 Å².